The monoisotopic (exact) mass is 258 g/mol. The van der Waals surface area contributed by atoms with E-state index in [0.717, 1.165) is 48.0 Å². The summed E-state index contributed by atoms with van der Waals surface area (Å²) in [5.41, 5.74) is 0. The van der Waals surface area contributed by atoms with E-state index in [-0.39, 0.29) is 0 Å². The Bertz CT molecular complexity index is 394. The Kier molecular flexibility index (Phi) is 2.45. The van der Waals surface area contributed by atoms with Crippen molar-refractivity contribution < 1.29 is 4.74 Å². The van der Waals surface area contributed by atoms with Gasteiger partial charge in [0.2, 0.25) is 0 Å². The average molecular weight is 258 g/mol. The third-order valence-corrected chi connectivity index (χ3v) is 7.26. The molecule has 0 spiro atoms. The zero-order chi connectivity index (χ0) is 12.4. The van der Waals surface area contributed by atoms with Crippen LogP contribution in [0, 0.1) is 41.4 Å². The molecule has 1 heteroatoms. The van der Waals surface area contributed by atoms with Gasteiger partial charge in [0.25, 0.3) is 0 Å². The highest BCUT2D eigenvalue weighted by atomic mass is 16.5. The van der Waals surface area contributed by atoms with Gasteiger partial charge in [-0.25, -0.2) is 0 Å². The molecule has 4 bridgehead atoms. The molecule has 0 radical (unpaired) electrons. The number of rotatable bonds is 3. The zero-order valence-corrected chi connectivity index (χ0v) is 11.8. The molecule has 5 aliphatic rings. The van der Waals surface area contributed by atoms with Gasteiger partial charge >= 0.3 is 0 Å². The molecule has 0 aliphatic heterocycles. The van der Waals surface area contributed by atoms with Gasteiger partial charge in [0.05, 0.1) is 12.7 Å². The summed E-state index contributed by atoms with van der Waals surface area (Å²) in [6, 6.07) is 0. The van der Waals surface area contributed by atoms with Crippen LogP contribution in [0.5, 0.6) is 0 Å². The van der Waals surface area contributed by atoms with Crippen LogP contribution in [0.3, 0.4) is 0 Å². The van der Waals surface area contributed by atoms with Crippen LogP contribution in [-0.4, -0.2) is 12.7 Å². The Morgan fingerprint density at radius 1 is 0.895 bits per heavy atom. The normalized spacial score (nSPS) is 54.4. The maximum Gasteiger partial charge on any atom is 0.0575 e. The molecular weight excluding hydrogens is 232 g/mol. The molecule has 4 saturated carbocycles. The van der Waals surface area contributed by atoms with Crippen molar-refractivity contribution >= 4 is 0 Å². The molecule has 0 amide bonds. The molecule has 1 nitrogen and oxygen atoms in total. The van der Waals surface area contributed by atoms with Crippen molar-refractivity contribution in [2.24, 2.45) is 41.4 Å². The Hall–Kier alpha value is -0.300. The lowest BCUT2D eigenvalue weighted by molar-refractivity contribution is 0.00330. The van der Waals surface area contributed by atoms with Crippen LogP contribution in [0.4, 0.5) is 0 Å². The molecule has 104 valence electrons. The fourth-order valence-corrected chi connectivity index (χ4v) is 6.66. The Balaban J connectivity index is 1.27. The van der Waals surface area contributed by atoms with E-state index in [1.54, 1.807) is 6.42 Å². The van der Waals surface area contributed by atoms with Crippen LogP contribution in [0.2, 0.25) is 0 Å². The third-order valence-electron chi connectivity index (χ3n) is 7.26. The lowest BCUT2D eigenvalue weighted by atomic mass is 9.69. The predicted molar refractivity (Wildman–Crippen MR) is 75.6 cm³/mol. The summed E-state index contributed by atoms with van der Waals surface area (Å²) in [5, 5.41) is 0. The lowest BCUT2D eigenvalue weighted by Gasteiger charge is -2.37. The number of allylic oxidation sites excluding steroid dienone is 2. The molecule has 7 unspecified atom stereocenters. The topological polar surface area (TPSA) is 9.23 Å². The highest BCUT2D eigenvalue weighted by Crippen LogP contribution is 2.66. The van der Waals surface area contributed by atoms with Gasteiger partial charge in [0.1, 0.15) is 0 Å². The maximum atomic E-state index is 6.25. The second-order valence-corrected chi connectivity index (χ2v) is 8.00. The number of hydrogen-bond donors (Lipinski definition) is 0. The minimum Gasteiger partial charge on any atom is -0.378 e. The van der Waals surface area contributed by atoms with Crippen LogP contribution in [0.25, 0.3) is 0 Å². The molecule has 0 N–H and O–H groups in total. The number of fused-ring (bicyclic) bond motifs is 9. The average Bonchev–Trinajstić information content (AvgIpc) is 3.18. The Labute approximate surface area is 116 Å². The van der Waals surface area contributed by atoms with E-state index in [4.69, 9.17) is 4.74 Å². The van der Waals surface area contributed by atoms with Gasteiger partial charge < -0.3 is 4.74 Å². The minimum absolute atomic E-state index is 0.620. The van der Waals surface area contributed by atoms with E-state index in [9.17, 15) is 0 Å². The summed E-state index contributed by atoms with van der Waals surface area (Å²) in [4.78, 5) is 0. The minimum atomic E-state index is 0.620. The van der Waals surface area contributed by atoms with Crippen LogP contribution >= 0.6 is 0 Å². The lowest BCUT2D eigenvalue weighted by Crippen LogP contribution is -2.33. The second-order valence-electron chi connectivity index (χ2n) is 8.00. The first kappa shape index (κ1) is 11.4. The summed E-state index contributed by atoms with van der Waals surface area (Å²) in [7, 11) is 0. The summed E-state index contributed by atoms with van der Waals surface area (Å²) in [5.74, 6) is 7.08. The van der Waals surface area contributed by atoms with Gasteiger partial charge in [-0.05, 0) is 73.5 Å². The van der Waals surface area contributed by atoms with Crippen LogP contribution in [0.1, 0.15) is 44.9 Å². The van der Waals surface area contributed by atoms with Crippen molar-refractivity contribution in [2.45, 2.75) is 51.0 Å². The van der Waals surface area contributed by atoms with E-state index < -0.39 is 0 Å². The Morgan fingerprint density at radius 2 is 1.68 bits per heavy atom. The summed E-state index contributed by atoms with van der Waals surface area (Å²) in [6.07, 6.45) is 15.7. The van der Waals surface area contributed by atoms with E-state index in [2.05, 4.69) is 12.2 Å². The van der Waals surface area contributed by atoms with E-state index in [0.29, 0.717) is 6.10 Å². The molecule has 7 atom stereocenters. The van der Waals surface area contributed by atoms with E-state index >= 15 is 0 Å². The summed E-state index contributed by atoms with van der Waals surface area (Å²) in [6.45, 7) is 1.09. The first-order valence-electron chi connectivity index (χ1n) is 8.70. The highest BCUT2D eigenvalue weighted by molar-refractivity contribution is 5.20. The first-order chi connectivity index (χ1) is 9.40. The molecule has 19 heavy (non-hydrogen) atoms. The molecule has 5 aliphatic carbocycles. The van der Waals surface area contributed by atoms with Gasteiger partial charge in [-0.2, -0.15) is 0 Å². The molecule has 0 aromatic carbocycles. The maximum absolute atomic E-state index is 6.25. The Morgan fingerprint density at radius 3 is 2.53 bits per heavy atom. The third kappa shape index (κ3) is 1.57. The van der Waals surface area contributed by atoms with Gasteiger partial charge in [-0.1, -0.05) is 25.0 Å². The summed E-state index contributed by atoms with van der Waals surface area (Å²) < 4.78 is 6.25. The van der Waals surface area contributed by atoms with Crippen molar-refractivity contribution in [1.29, 1.82) is 0 Å². The molecule has 5 rings (SSSR count). The quantitative estimate of drug-likeness (QED) is 0.548. The molecule has 4 fully saturated rings. The highest BCUT2D eigenvalue weighted by Gasteiger charge is 2.60. The van der Waals surface area contributed by atoms with Gasteiger partial charge in [0.15, 0.2) is 0 Å². The largest absolute Gasteiger partial charge is 0.378 e. The zero-order valence-electron chi connectivity index (χ0n) is 11.8. The summed E-state index contributed by atoms with van der Waals surface area (Å²) >= 11 is 0. The van der Waals surface area contributed by atoms with Gasteiger partial charge in [-0.15, -0.1) is 0 Å². The molecule has 0 aromatic rings. The first-order valence-corrected chi connectivity index (χ1v) is 8.70. The number of ether oxygens (including phenoxy) is 1. The second kappa shape index (κ2) is 4.10. The fourth-order valence-electron chi connectivity index (χ4n) is 6.66. The van der Waals surface area contributed by atoms with Crippen LogP contribution in [-0.2, 0) is 4.74 Å². The standard InChI is InChI=1S/C18H26O/c1-2-4-15(3-1)19-10-14-8-13-9-16(14)18-12-6-5-11(7-12)17(13)18/h5-6,11-18H,1-4,7-10H2. The molecular formula is C18H26O. The van der Waals surface area contributed by atoms with Crippen LogP contribution in [0.15, 0.2) is 12.2 Å². The van der Waals surface area contributed by atoms with Crippen molar-refractivity contribution in [3.8, 4) is 0 Å². The SMILES string of the molecule is C1=CC2CC1C1C3CC(COC4CCCC4)C(C3)C21. The van der Waals surface area contributed by atoms with Crippen molar-refractivity contribution in [3.05, 3.63) is 12.2 Å². The van der Waals surface area contributed by atoms with Crippen molar-refractivity contribution in [1.82, 2.24) is 0 Å². The molecule has 0 heterocycles. The molecule has 0 aromatic heterocycles. The van der Waals surface area contributed by atoms with Gasteiger partial charge in [-0.3, -0.25) is 0 Å². The van der Waals surface area contributed by atoms with E-state index in [1.165, 1.54) is 38.5 Å². The predicted octanol–water partition coefficient (Wildman–Crippen LogP) is 4.04. The fraction of sp³-hybridized carbons (Fsp3) is 0.889. The van der Waals surface area contributed by atoms with Gasteiger partial charge in [0, 0.05) is 0 Å². The van der Waals surface area contributed by atoms with Crippen molar-refractivity contribution in [3.63, 3.8) is 0 Å². The van der Waals surface area contributed by atoms with E-state index in [1.807, 2.05) is 0 Å². The van der Waals surface area contributed by atoms with Crippen molar-refractivity contribution in [2.75, 3.05) is 6.61 Å². The molecule has 0 saturated heterocycles. The smallest absolute Gasteiger partial charge is 0.0575 e. The number of hydrogen-bond acceptors (Lipinski definition) is 1. The van der Waals surface area contributed by atoms with Crippen LogP contribution < -0.4 is 0 Å².